The first-order valence-electron chi connectivity index (χ1n) is 17.2. The lowest BCUT2D eigenvalue weighted by Crippen LogP contribution is -2.27. The van der Waals surface area contributed by atoms with Crippen LogP contribution in [0.4, 0.5) is 11.4 Å². The Morgan fingerprint density at radius 1 is 0.761 bits per heavy atom. The molecule has 0 saturated carbocycles. The van der Waals surface area contributed by atoms with Crippen molar-refractivity contribution in [1.29, 1.82) is 0 Å². The zero-order valence-corrected chi connectivity index (χ0v) is 30.3. The van der Waals surface area contributed by atoms with E-state index in [9.17, 15) is 0 Å². The molecular weight excluding hydrogens is 558 g/mol. The van der Waals surface area contributed by atoms with Crippen molar-refractivity contribution in [3.8, 4) is 0 Å². The number of benzene rings is 3. The Hall–Kier alpha value is -3.82. The third-order valence-electron chi connectivity index (χ3n) is 7.76. The monoisotopic (exact) mass is 622 g/mol. The van der Waals surface area contributed by atoms with Gasteiger partial charge in [-0.05, 0) is 125 Å². The summed E-state index contributed by atoms with van der Waals surface area (Å²) in [4.78, 5) is 0. The molecule has 46 heavy (non-hydrogen) atoms. The lowest BCUT2D eigenvalue weighted by molar-refractivity contribution is 0.365. The van der Waals surface area contributed by atoms with Gasteiger partial charge in [0.15, 0.2) is 0 Å². The van der Waals surface area contributed by atoms with Gasteiger partial charge in [0.05, 0.1) is 0 Å². The van der Waals surface area contributed by atoms with Gasteiger partial charge in [-0.2, -0.15) is 0 Å². The number of allylic oxidation sites excluding steroid dienone is 5. The summed E-state index contributed by atoms with van der Waals surface area (Å²) < 4.78 is 0. The summed E-state index contributed by atoms with van der Waals surface area (Å²) in [5.74, 6) is 1.86. The van der Waals surface area contributed by atoms with E-state index in [1.54, 1.807) is 0 Å². The first kappa shape index (κ1) is 40.2. The molecule has 0 unspecified atom stereocenters. The fourth-order valence-corrected chi connectivity index (χ4v) is 4.46. The molecule has 3 N–H and O–H groups in total. The summed E-state index contributed by atoms with van der Waals surface area (Å²) in [6.07, 6.45) is 10.4. The lowest BCUT2D eigenvalue weighted by Gasteiger charge is -2.20. The van der Waals surface area contributed by atoms with Crippen LogP contribution in [0.15, 0.2) is 116 Å². The van der Waals surface area contributed by atoms with Crippen LogP contribution in [0.2, 0.25) is 0 Å². The van der Waals surface area contributed by atoms with Gasteiger partial charge < -0.3 is 16.0 Å². The van der Waals surface area contributed by atoms with E-state index < -0.39 is 0 Å². The van der Waals surface area contributed by atoms with Crippen molar-refractivity contribution < 1.29 is 0 Å². The third-order valence-corrected chi connectivity index (χ3v) is 7.76. The van der Waals surface area contributed by atoms with Crippen LogP contribution in [-0.2, 0) is 6.42 Å². The van der Waals surface area contributed by atoms with E-state index >= 15 is 0 Å². The maximum atomic E-state index is 4.13. The predicted octanol–water partition coefficient (Wildman–Crippen LogP) is 12.1. The van der Waals surface area contributed by atoms with E-state index in [4.69, 9.17) is 0 Å². The molecule has 0 spiro atoms. The van der Waals surface area contributed by atoms with Gasteiger partial charge in [0, 0.05) is 22.8 Å². The van der Waals surface area contributed by atoms with E-state index in [0.29, 0.717) is 0 Å². The molecule has 250 valence electrons. The van der Waals surface area contributed by atoms with Crippen LogP contribution in [0.3, 0.4) is 0 Å². The van der Waals surface area contributed by atoms with Gasteiger partial charge in [-0.25, -0.2) is 0 Å². The zero-order chi connectivity index (χ0) is 34.3. The second kappa shape index (κ2) is 23.5. The molecule has 3 heteroatoms. The molecule has 0 amide bonds. The van der Waals surface area contributed by atoms with Crippen molar-refractivity contribution >= 4 is 16.9 Å². The van der Waals surface area contributed by atoms with Crippen LogP contribution in [0.1, 0.15) is 89.5 Å². The minimum absolute atomic E-state index is 0.833. The largest absolute Gasteiger partial charge is 0.360 e. The predicted molar refractivity (Wildman–Crippen MR) is 209 cm³/mol. The van der Waals surface area contributed by atoms with Gasteiger partial charge in [0.1, 0.15) is 0 Å². The van der Waals surface area contributed by atoms with Crippen LogP contribution in [0, 0.1) is 25.7 Å². The molecule has 3 aromatic carbocycles. The second-order valence-electron chi connectivity index (χ2n) is 12.1. The first-order valence-corrected chi connectivity index (χ1v) is 17.2. The smallest absolute Gasteiger partial charge is 0.0382 e. The average Bonchev–Trinajstić information content (AvgIpc) is 3.86. The molecular formula is C43H63N3. The van der Waals surface area contributed by atoms with Crippen LogP contribution in [0.5, 0.6) is 0 Å². The summed E-state index contributed by atoms with van der Waals surface area (Å²) in [6, 6.07) is 25.1. The maximum Gasteiger partial charge on any atom is 0.0382 e. The summed E-state index contributed by atoms with van der Waals surface area (Å²) in [5, 5.41) is 9.93. The van der Waals surface area contributed by atoms with Gasteiger partial charge in [-0.15, -0.1) is 0 Å². The van der Waals surface area contributed by atoms with Crippen molar-refractivity contribution in [3.63, 3.8) is 0 Å². The highest BCUT2D eigenvalue weighted by Crippen LogP contribution is 2.19. The Bertz CT molecular complexity index is 1280. The highest BCUT2D eigenvalue weighted by molar-refractivity contribution is 5.64. The molecule has 5 rings (SSSR count). The van der Waals surface area contributed by atoms with Gasteiger partial charge in [0.25, 0.3) is 0 Å². The Morgan fingerprint density at radius 2 is 1.24 bits per heavy atom. The van der Waals surface area contributed by atoms with E-state index in [-0.39, 0.29) is 0 Å². The highest BCUT2D eigenvalue weighted by atomic mass is 14.9. The number of hydrogen-bond acceptors (Lipinski definition) is 3. The van der Waals surface area contributed by atoms with Crippen LogP contribution in [-0.4, -0.2) is 13.1 Å². The molecule has 3 nitrogen and oxygen atoms in total. The van der Waals surface area contributed by atoms with Gasteiger partial charge >= 0.3 is 0 Å². The molecule has 3 aromatic rings. The van der Waals surface area contributed by atoms with E-state index in [0.717, 1.165) is 58.6 Å². The van der Waals surface area contributed by atoms with Crippen molar-refractivity contribution in [1.82, 2.24) is 5.32 Å². The Kier molecular flexibility index (Phi) is 20.5. The van der Waals surface area contributed by atoms with Crippen LogP contribution >= 0.6 is 0 Å². The molecule has 2 aliphatic rings. The molecule has 0 atom stereocenters. The highest BCUT2D eigenvalue weighted by Gasteiger charge is 2.09. The summed E-state index contributed by atoms with van der Waals surface area (Å²) >= 11 is 0. The summed E-state index contributed by atoms with van der Waals surface area (Å²) in [5.41, 5.74) is 10.4. The molecule has 1 aliphatic heterocycles. The van der Waals surface area contributed by atoms with E-state index in [1.165, 1.54) is 49.0 Å². The van der Waals surface area contributed by atoms with Crippen LogP contribution < -0.4 is 16.0 Å². The van der Waals surface area contributed by atoms with Crippen molar-refractivity contribution in [2.75, 3.05) is 23.7 Å². The summed E-state index contributed by atoms with van der Waals surface area (Å²) in [6.45, 7) is 31.1. The van der Waals surface area contributed by atoms with E-state index in [1.807, 2.05) is 27.7 Å². The second-order valence-corrected chi connectivity index (χ2v) is 12.1. The number of hydrogen-bond donors (Lipinski definition) is 3. The number of nitrogens with one attached hydrogen (secondary N) is 3. The van der Waals surface area contributed by atoms with Gasteiger partial charge in [-0.3, -0.25) is 0 Å². The number of rotatable bonds is 9. The van der Waals surface area contributed by atoms with Gasteiger partial charge in [0.2, 0.25) is 0 Å². The maximum absolute atomic E-state index is 4.13. The van der Waals surface area contributed by atoms with Gasteiger partial charge in [-0.1, -0.05) is 120 Å². The summed E-state index contributed by atoms with van der Waals surface area (Å²) in [7, 11) is 0. The van der Waals surface area contributed by atoms with Crippen LogP contribution in [0.25, 0.3) is 5.57 Å². The number of piperidine rings is 1. The Morgan fingerprint density at radius 3 is 1.63 bits per heavy atom. The Labute approximate surface area is 283 Å². The Balaban J connectivity index is 0.000000385. The van der Waals surface area contributed by atoms with Crippen molar-refractivity contribution in [3.05, 3.63) is 138 Å². The standard InChI is InChI=1S/C22H26N2.C8H10.C7H15N.C4H6.C2H6/c1-16(2)20-10-14-22(15-11-20)24-18(5)6-7-19-8-12-21(13-9-19)23-17(3)4;1-7-5-3-4-6-8(7)2;1-2-7-3-5-8-6-4-7;1-4-2-3-4;1-2/h8-15,23-24H,1,3,5-7H2,2,4H3;3-6H,1-2H3;7-8H,2-6H2,1H3;2-4H,1H3;1-2H3. The lowest BCUT2D eigenvalue weighted by atomic mass is 9.96. The fraction of sp³-hybridized carbons (Fsp3) is 0.395. The molecule has 1 heterocycles. The topological polar surface area (TPSA) is 36.1 Å². The van der Waals surface area contributed by atoms with Crippen molar-refractivity contribution in [2.24, 2.45) is 11.8 Å². The quantitative estimate of drug-likeness (QED) is 0.208. The van der Waals surface area contributed by atoms with E-state index in [2.05, 4.69) is 148 Å². The molecule has 1 saturated heterocycles. The fourth-order valence-electron chi connectivity index (χ4n) is 4.46. The molecule has 0 radical (unpaired) electrons. The number of anilines is 2. The first-order chi connectivity index (χ1) is 22.1. The zero-order valence-electron chi connectivity index (χ0n) is 30.3. The SMILES string of the molecule is C=C(C)Nc1ccc(CCC(=C)Nc2ccc(C(=C)C)cc2)cc1.CC.CC1C=C1.CCC1CCNCC1.Cc1ccccc1C. The normalized spacial score (nSPS) is 13.0. The average molecular weight is 622 g/mol. The molecule has 0 aromatic heterocycles. The molecule has 1 aliphatic carbocycles. The molecule has 0 bridgehead atoms. The van der Waals surface area contributed by atoms with Crippen molar-refractivity contribution in [2.45, 2.75) is 87.5 Å². The third kappa shape index (κ3) is 18.9. The minimum atomic E-state index is 0.833. The minimum Gasteiger partial charge on any atom is -0.360 e. The number of aryl methyl sites for hydroxylation is 3. The molecule has 1 fully saturated rings.